The monoisotopic (exact) mass is 273 g/mol. The second-order valence-electron chi connectivity index (χ2n) is 4.92. The number of carbonyl (C=O) groups excluding carboxylic acids is 2. The minimum absolute atomic E-state index is 0.140. The number of aromatic nitrogens is 2. The number of hydrogen-bond donors (Lipinski definition) is 0. The van der Waals surface area contributed by atoms with E-state index in [9.17, 15) is 9.59 Å². The summed E-state index contributed by atoms with van der Waals surface area (Å²) in [5, 5.41) is 0. The first-order valence-electron chi connectivity index (χ1n) is 6.59. The van der Waals surface area contributed by atoms with Crippen molar-refractivity contribution >= 4 is 11.6 Å². The Morgan fingerprint density at radius 2 is 2.05 bits per heavy atom. The van der Waals surface area contributed by atoms with E-state index in [0.717, 1.165) is 19.4 Å². The van der Waals surface area contributed by atoms with E-state index < -0.39 is 0 Å². The van der Waals surface area contributed by atoms with Crippen LogP contribution in [0.25, 0.3) is 0 Å². The number of ether oxygens (including phenoxy) is 1. The summed E-state index contributed by atoms with van der Waals surface area (Å²) in [6, 6.07) is 0.140. The van der Waals surface area contributed by atoms with Crippen molar-refractivity contribution in [1.82, 2.24) is 14.9 Å². The molecule has 3 rings (SSSR count). The summed E-state index contributed by atoms with van der Waals surface area (Å²) in [7, 11) is 1.64. The van der Waals surface area contributed by atoms with E-state index in [4.69, 9.17) is 4.74 Å². The summed E-state index contributed by atoms with van der Waals surface area (Å²) < 4.78 is 5.19. The van der Waals surface area contributed by atoms with E-state index in [1.54, 1.807) is 7.11 Å². The van der Waals surface area contributed by atoms with Gasteiger partial charge in [0.15, 0.2) is 0 Å². The number of Topliss-reactive ketones (excluding diaryl/α,β-unsaturated/α-hetero) is 1. The molecule has 0 amide bonds. The number of fused-ring (bicyclic) bond motifs is 1. The van der Waals surface area contributed by atoms with Crippen molar-refractivity contribution in [3.05, 3.63) is 35.6 Å². The maximum absolute atomic E-state index is 12.5. The lowest BCUT2D eigenvalue weighted by atomic mass is 10.0. The third-order valence-electron chi connectivity index (χ3n) is 3.69. The molecule has 0 spiro atoms. The van der Waals surface area contributed by atoms with E-state index in [-0.39, 0.29) is 29.0 Å². The van der Waals surface area contributed by atoms with Crippen molar-refractivity contribution in [2.75, 3.05) is 20.3 Å². The van der Waals surface area contributed by atoms with Crippen LogP contribution >= 0.6 is 0 Å². The van der Waals surface area contributed by atoms with Gasteiger partial charge in [-0.2, -0.15) is 0 Å². The van der Waals surface area contributed by atoms with Crippen molar-refractivity contribution in [3.63, 3.8) is 0 Å². The molecular formula is C14H15N3O3. The SMILES string of the molecule is COCC1CCCN1C1=CC(=O)c2nccnc2C1=O. The molecule has 1 aliphatic carbocycles. The molecule has 0 bridgehead atoms. The summed E-state index contributed by atoms with van der Waals surface area (Å²) in [5.41, 5.74) is 0.712. The molecule has 0 radical (unpaired) electrons. The van der Waals surface area contributed by atoms with Gasteiger partial charge in [-0.15, -0.1) is 0 Å². The third-order valence-corrected chi connectivity index (χ3v) is 3.69. The van der Waals surface area contributed by atoms with Crippen molar-refractivity contribution in [1.29, 1.82) is 0 Å². The first-order chi connectivity index (χ1) is 9.72. The predicted molar refractivity (Wildman–Crippen MR) is 70.4 cm³/mol. The number of ketones is 2. The molecule has 1 unspecified atom stereocenters. The Balaban J connectivity index is 1.96. The van der Waals surface area contributed by atoms with E-state index in [1.807, 2.05) is 4.90 Å². The zero-order chi connectivity index (χ0) is 14.1. The number of allylic oxidation sites excluding steroid dienone is 2. The van der Waals surface area contributed by atoms with Crippen LogP contribution in [0.3, 0.4) is 0 Å². The van der Waals surface area contributed by atoms with E-state index in [2.05, 4.69) is 9.97 Å². The molecule has 1 fully saturated rings. The first kappa shape index (κ1) is 12.9. The van der Waals surface area contributed by atoms with E-state index in [1.165, 1.54) is 18.5 Å². The summed E-state index contributed by atoms with van der Waals surface area (Å²) in [6.45, 7) is 1.31. The quantitative estimate of drug-likeness (QED) is 0.813. The highest BCUT2D eigenvalue weighted by molar-refractivity contribution is 6.22. The summed E-state index contributed by atoms with van der Waals surface area (Å²) in [6.07, 6.45) is 6.18. The van der Waals surface area contributed by atoms with Crippen LogP contribution in [-0.4, -0.2) is 52.7 Å². The lowest BCUT2D eigenvalue weighted by molar-refractivity contribution is 0.0900. The zero-order valence-corrected chi connectivity index (χ0v) is 11.2. The highest BCUT2D eigenvalue weighted by Crippen LogP contribution is 2.27. The second kappa shape index (κ2) is 5.13. The molecule has 1 aromatic heterocycles. The average Bonchev–Trinajstić information content (AvgIpc) is 2.91. The fourth-order valence-corrected chi connectivity index (χ4v) is 2.80. The molecule has 104 valence electrons. The normalized spacial score (nSPS) is 21.9. The van der Waals surface area contributed by atoms with Gasteiger partial charge < -0.3 is 9.64 Å². The smallest absolute Gasteiger partial charge is 0.229 e. The van der Waals surface area contributed by atoms with Crippen molar-refractivity contribution in [3.8, 4) is 0 Å². The molecule has 6 nitrogen and oxygen atoms in total. The van der Waals surface area contributed by atoms with Crippen LogP contribution in [0, 0.1) is 0 Å². The molecule has 6 heteroatoms. The fourth-order valence-electron chi connectivity index (χ4n) is 2.80. The standard InChI is InChI=1S/C14H15N3O3/c1-20-8-9-3-2-6-17(9)10-7-11(18)12-13(14(10)19)16-5-4-15-12/h4-5,7,9H,2-3,6,8H2,1H3. The zero-order valence-electron chi connectivity index (χ0n) is 11.2. The molecular weight excluding hydrogens is 258 g/mol. The molecule has 1 saturated heterocycles. The molecule has 20 heavy (non-hydrogen) atoms. The van der Waals surface area contributed by atoms with Gasteiger partial charge in [-0.1, -0.05) is 0 Å². The van der Waals surface area contributed by atoms with E-state index >= 15 is 0 Å². The first-order valence-corrected chi connectivity index (χ1v) is 6.59. The summed E-state index contributed by atoms with van der Waals surface area (Å²) in [4.78, 5) is 34.5. The molecule has 0 saturated carbocycles. The molecule has 1 aromatic rings. The molecule has 2 heterocycles. The number of methoxy groups -OCH3 is 1. The number of carbonyl (C=O) groups is 2. The molecule has 0 aromatic carbocycles. The van der Waals surface area contributed by atoms with Crippen LogP contribution in [0.4, 0.5) is 0 Å². The molecule has 0 N–H and O–H groups in total. The molecule has 1 atom stereocenters. The lowest BCUT2D eigenvalue weighted by Gasteiger charge is -2.29. The Bertz CT molecular complexity index is 597. The number of rotatable bonds is 3. The molecule has 1 aliphatic heterocycles. The topological polar surface area (TPSA) is 72.4 Å². The maximum Gasteiger partial charge on any atom is 0.229 e. The van der Waals surface area contributed by atoms with Gasteiger partial charge in [0.05, 0.1) is 18.3 Å². The van der Waals surface area contributed by atoms with Gasteiger partial charge in [0.1, 0.15) is 11.4 Å². The predicted octanol–water partition coefficient (Wildman–Crippen LogP) is 0.850. The van der Waals surface area contributed by atoms with Gasteiger partial charge >= 0.3 is 0 Å². The summed E-state index contributed by atoms with van der Waals surface area (Å²) in [5.74, 6) is -0.485. The Labute approximate surface area is 116 Å². The Kier molecular flexibility index (Phi) is 3.31. The minimum atomic E-state index is -0.259. The van der Waals surface area contributed by atoms with Crippen LogP contribution in [0.2, 0.25) is 0 Å². The number of nitrogens with zero attached hydrogens (tertiary/aromatic N) is 3. The largest absolute Gasteiger partial charge is 0.383 e. The lowest BCUT2D eigenvalue weighted by Crippen LogP contribution is -2.37. The number of likely N-dealkylation sites (tertiary alicyclic amines) is 1. The fraction of sp³-hybridized carbons (Fsp3) is 0.429. The van der Waals surface area contributed by atoms with Crippen molar-refractivity contribution in [2.24, 2.45) is 0 Å². The third kappa shape index (κ3) is 2.02. The van der Waals surface area contributed by atoms with Crippen LogP contribution in [0.15, 0.2) is 24.2 Å². The van der Waals surface area contributed by atoms with Crippen LogP contribution < -0.4 is 0 Å². The maximum atomic E-state index is 12.5. The van der Waals surface area contributed by atoms with Crippen molar-refractivity contribution < 1.29 is 14.3 Å². The van der Waals surface area contributed by atoms with Gasteiger partial charge in [0, 0.05) is 32.1 Å². The minimum Gasteiger partial charge on any atom is -0.383 e. The van der Waals surface area contributed by atoms with E-state index in [0.29, 0.717) is 12.3 Å². The van der Waals surface area contributed by atoms with Gasteiger partial charge in [-0.25, -0.2) is 9.97 Å². The highest BCUT2D eigenvalue weighted by Gasteiger charge is 2.35. The number of hydrogen-bond acceptors (Lipinski definition) is 6. The van der Waals surface area contributed by atoms with Gasteiger partial charge in [-0.3, -0.25) is 9.59 Å². The van der Waals surface area contributed by atoms with Crippen LogP contribution in [-0.2, 0) is 4.74 Å². The van der Waals surface area contributed by atoms with Crippen LogP contribution in [0.5, 0.6) is 0 Å². The highest BCUT2D eigenvalue weighted by atomic mass is 16.5. The average molecular weight is 273 g/mol. The van der Waals surface area contributed by atoms with Crippen LogP contribution in [0.1, 0.15) is 33.8 Å². The van der Waals surface area contributed by atoms with Crippen molar-refractivity contribution in [2.45, 2.75) is 18.9 Å². The second-order valence-corrected chi connectivity index (χ2v) is 4.92. The van der Waals surface area contributed by atoms with Gasteiger partial charge in [-0.05, 0) is 12.8 Å². The Morgan fingerprint density at radius 3 is 2.80 bits per heavy atom. The molecule has 2 aliphatic rings. The Hall–Kier alpha value is -2.08. The van der Waals surface area contributed by atoms with Gasteiger partial charge in [0.2, 0.25) is 11.6 Å². The Morgan fingerprint density at radius 1 is 1.30 bits per heavy atom. The van der Waals surface area contributed by atoms with Gasteiger partial charge in [0.25, 0.3) is 0 Å². The summed E-state index contributed by atoms with van der Waals surface area (Å²) >= 11 is 0.